The van der Waals surface area contributed by atoms with Gasteiger partial charge in [0.15, 0.2) is 5.82 Å². The Morgan fingerprint density at radius 2 is 2.33 bits per heavy atom. The van der Waals surface area contributed by atoms with Crippen molar-refractivity contribution in [1.29, 1.82) is 0 Å². The first kappa shape index (κ1) is 17.4. The summed E-state index contributed by atoms with van der Waals surface area (Å²) in [5, 5.41) is 7.10. The van der Waals surface area contributed by atoms with Crippen LogP contribution in [0.15, 0.2) is 0 Å². The van der Waals surface area contributed by atoms with Crippen LogP contribution in [-0.4, -0.2) is 58.4 Å². The predicted molar refractivity (Wildman–Crippen MR) is 88.4 cm³/mol. The summed E-state index contributed by atoms with van der Waals surface area (Å²) in [6.07, 6.45) is 5.38. The van der Waals surface area contributed by atoms with Crippen LogP contribution in [0.2, 0.25) is 0 Å². The van der Waals surface area contributed by atoms with Gasteiger partial charge < -0.3 is 14.4 Å². The second kappa shape index (κ2) is 8.07. The summed E-state index contributed by atoms with van der Waals surface area (Å²) in [6, 6.07) is 0. The van der Waals surface area contributed by atoms with Gasteiger partial charge in [0.2, 0.25) is 5.91 Å². The molecular weight excluding hydrogens is 308 g/mol. The summed E-state index contributed by atoms with van der Waals surface area (Å²) in [7, 11) is 0. The fourth-order valence-corrected chi connectivity index (χ4v) is 3.45. The van der Waals surface area contributed by atoms with Crippen LogP contribution >= 0.6 is 0 Å². The highest BCUT2D eigenvalue weighted by Crippen LogP contribution is 2.26. The van der Waals surface area contributed by atoms with Crippen LogP contribution in [0.5, 0.6) is 0 Å². The van der Waals surface area contributed by atoms with Crippen LogP contribution < -0.4 is 0 Å². The highest BCUT2D eigenvalue weighted by molar-refractivity contribution is 5.77. The van der Waals surface area contributed by atoms with E-state index in [1.54, 1.807) is 0 Å². The number of carbonyl (C=O) groups is 1. The molecule has 1 saturated heterocycles. The third kappa shape index (κ3) is 4.33. The average molecular weight is 336 g/mol. The molecule has 0 bridgehead atoms. The lowest BCUT2D eigenvalue weighted by Gasteiger charge is -2.32. The summed E-state index contributed by atoms with van der Waals surface area (Å²) in [5.74, 6) is 2.20. The molecule has 7 heteroatoms. The highest BCUT2D eigenvalue weighted by Gasteiger charge is 2.29. The van der Waals surface area contributed by atoms with Crippen LogP contribution in [0.25, 0.3) is 0 Å². The van der Waals surface area contributed by atoms with Gasteiger partial charge in [0.1, 0.15) is 18.5 Å². The molecular formula is C17H28N4O3. The van der Waals surface area contributed by atoms with E-state index >= 15 is 0 Å². The zero-order valence-corrected chi connectivity index (χ0v) is 14.7. The van der Waals surface area contributed by atoms with Crippen LogP contribution in [0.1, 0.15) is 57.3 Å². The van der Waals surface area contributed by atoms with Crippen LogP contribution in [-0.2, 0) is 20.7 Å². The summed E-state index contributed by atoms with van der Waals surface area (Å²) in [5.41, 5.74) is 0. The number of nitrogens with one attached hydrogen (secondary N) is 1. The van der Waals surface area contributed by atoms with Gasteiger partial charge in [-0.05, 0) is 18.8 Å². The van der Waals surface area contributed by atoms with Gasteiger partial charge in [-0.2, -0.15) is 5.10 Å². The van der Waals surface area contributed by atoms with Gasteiger partial charge in [-0.15, -0.1) is 0 Å². The topological polar surface area (TPSA) is 80.3 Å². The zero-order valence-electron chi connectivity index (χ0n) is 14.7. The summed E-state index contributed by atoms with van der Waals surface area (Å²) in [6.45, 7) is 6.04. The maximum absolute atomic E-state index is 12.5. The van der Waals surface area contributed by atoms with Crippen molar-refractivity contribution in [2.75, 3.05) is 26.3 Å². The average Bonchev–Trinajstić information content (AvgIpc) is 3.09. The minimum absolute atomic E-state index is 0.0350. The van der Waals surface area contributed by atoms with Crippen LogP contribution in [0.4, 0.5) is 0 Å². The monoisotopic (exact) mass is 336 g/mol. The number of hydrogen-bond donors (Lipinski definition) is 1. The number of ether oxygens (including phenoxy) is 2. The van der Waals surface area contributed by atoms with E-state index in [0.29, 0.717) is 31.4 Å². The molecule has 1 aromatic rings. The third-order valence-electron chi connectivity index (χ3n) is 4.92. The lowest BCUT2D eigenvalue weighted by molar-refractivity contribution is -0.147. The van der Waals surface area contributed by atoms with Gasteiger partial charge >= 0.3 is 0 Å². The molecule has 1 aliphatic carbocycles. The Morgan fingerprint density at radius 3 is 3.08 bits per heavy atom. The maximum atomic E-state index is 12.5. The molecule has 2 aliphatic rings. The van der Waals surface area contributed by atoms with E-state index in [1.165, 1.54) is 12.8 Å². The number of amides is 1. The van der Waals surface area contributed by atoms with E-state index < -0.39 is 0 Å². The summed E-state index contributed by atoms with van der Waals surface area (Å²) >= 11 is 0. The van der Waals surface area contributed by atoms with E-state index in [1.807, 2.05) is 11.8 Å². The molecule has 1 amide bonds. The van der Waals surface area contributed by atoms with E-state index in [4.69, 9.17) is 9.47 Å². The fraction of sp³-hybridized carbons (Fsp3) is 0.824. The predicted octanol–water partition coefficient (Wildman–Crippen LogP) is 1.86. The third-order valence-corrected chi connectivity index (χ3v) is 4.92. The number of rotatable bonds is 5. The van der Waals surface area contributed by atoms with Gasteiger partial charge in [0, 0.05) is 13.0 Å². The molecule has 1 N–H and O–H groups in total. The number of aryl methyl sites for hydroxylation is 1. The van der Waals surface area contributed by atoms with E-state index in [0.717, 1.165) is 25.1 Å². The fourth-order valence-electron chi connectivity index (χ4n) is 3.45. The number of hydrogen-bond acceptors (Lipinski definition) is 5. The van der Waals surface area contributed by atoms with Crippen molar-refractivity contribution in [3.05, 3.63) is 11.6 Å². The Hall–Kier alpha value is -1.47. The van der Waals surface area contributed by atoms with Crippen molar-refractivity contribution < 1.29 is 14.3 Å². The van der Waals surface area contributed by atoms with Crippen molar-refractivity contribution in [1.82, 2.24) is 20.1 Å². The largest absolute Gasteiger partial charge is 0.368 e. The zero-order chi connectivity index (χ0) is 16.9. The second-order valence-corrected chi connectivity index (χ2v) is 6.90. The minimum atomic E-state index is -0.256. The molecule has 1 aliphatic heterocycles. The van der Waals surface area contributed by atoms with Gasteiger partial charge in [-0.3, -0.25) is 9.89 Å². The first-order valence-electron chi connectivity index (χ1n) is 9.07. The molecule has 2 heterocycles. The Labute approximate surface area is 143 Å². The lowest BCUT2D eigenvalue weighted by atomic mass is 9.89. The number of aromatic amines is 1. The van der Waals surface area contributed by atoms with Crippen molar-refractivity contribution in [2.24, 2.45) is 5.92 Å². The summed E-state index contributed by atoms with van der Waals surface area (Å²) < 4.78 is 11.6. The first-order valence-corrected chi connectivity index (χ1v) is 9.07. The molecule has 1 saturated carbocycles. The molecule has 3 atom stereocenters. The Balaban J connectivity index is 1.49. The molecule has 1 aromatic heterocycles. The number of H-pyrrole nitrogens is 1. The minimum Gasteiger partial charge on any atom is -0.368 e. The van der Waals surface area contributed by atoms with Crippen LogP contribution in [0.3, 0.4) is 0 Å². The quantitative estimate of drug-likeness (QED) is 0.888. The van der Waals surface area contributed by atoms with Crippen molar-refractivity contribution in [3.8, 4) is 0 Å². The molecule has 0 radical (unpaired) electrons. The molecule has 24 heavy (non-hydrogen) atoms. The Bertz CT molecular complexity index is 548. The SMILES string of the molecule is CCc1nc([C@@H]2CN(C(=O)CO[C@@H]3CCC[C@@H](C)C3)CCO2)n[nH]1. The number of morpholine rings is 1. The first-order chi connectivity index (χ1) is 11.7. The maximum Gasteiger partial charge on any atom is 0.248 e. The summed E-state index contributed by atoms with van der Waals surface area (Å²) in [4.78, 5) is 18.7. The van der Waals surface area contributed by atoms with Gasteiger partial charge in [-0.25, -0.2) is 4.98 Å². The van der Waals surface area contributed by atoms with Gasteiger partial charge in [0.25, 0.3) is 0 Å². The smallest absolute Gasteiger partial charge is 0.248 e. The van der Waals surface area contributed by atoms with Crippen LogP contribution in [0, 0.1) is 5.92 Å². The lowest BCUT2D eigenvalue weighted by Crippen LogP contribution is -2.44. The molecule has 2 fully saturated rings. The molecule has 0 aromatic carbocycles. The molecule has 0 spiro atoms. The van der Waals surface area contributed by atoms with Crippen molar-refractivity contribution in [3.63, 3.8) is 0 Å². The highest BCUT2D eigenvalue weighted by atomic mass is 16.5. The molecule has 7 nitrogen and oxygen atoms in total. The second-order valence-electron chi connectivity index (χ2n) is 6.90. The number of aromatic nitrogens is 3. The van der Waals surface area contributed by atoms with E-state index in [-0.39, 0.29) is 24.7 Å². The van der Waals surface area contributed by atoms with Gasteiger partial charge in [0.05, 0.1) is 19.3 Å². The number of nitrogens with zero attached hydrogens (tertiary/aromatic N) is 3. The Kier molecular flexibility index (Phi) is 5.84. The Morgan fingerprint density at radius 1 is 1.46 bits per heavy atom. The number of carbonyl (C=O) groups excluding carboxylic acids is 1. The van der Waals surface area contributed by atoms with Gasteiger partial charge in [-0.1, -0.05) is 26.7 Å². The standard InChI is InChI=1S/C17H28N4O3/c1-3-15-18-17(20-19-15)14-10-21(7-8-23-14)16(22)11-24-13-6-4-5-12(2)9-13/h12-14H,3-11H2,1-2H3,(H,18,19,20)/t12-,13-,14+/m1/s1. The van der Waals surface area contributed by atoms with E-state index in [9.17, 15) is 4.79 Å². The van der Waals surface area contributed by atoms with E-state index in [2.05, 4.69) is 22.1 Å². The normalized spacial score (nSPS) is 28.1. The molecule has 0 unspecified atom stereocenters. The molecule has 134 valence electrons. The van der Waals surface area contributed by atoms with Crippen molar-refractivity contribution >= 4 is 5.91 Å². The molecule has 3 rings (SSSR count). The van der Waals surface area contributed by atoms with Crippen molar-refractivity contribution in [2.45, 2.75) is 58.2 Å².